The zero-order chi connectivity index (χ0) is 15.5. The monoisotopic (exact) mass is 311 g/mol. The molecule has 116 valence electrons. The van der Waals surface area contributed by atoms with E-state index >= 15 is 0 Å². The molecule has 7 heteroatoms. The van der Waals surface area contributed by atoms with Gasteiger partial charge < -0.3 is 11.1 Å². The van der Waals surface area contributed by atoms with Gasteiger partial charge in [-0.2, -0.15) is 0 Å². The number of hydrogen-bond acceptors (Lipinski definition) is 4. The molecule has 0 aliphatic heterocycles. The van der Waals surface area contributed by atoms with Crippen LogP contribution >= 0.6 is 0 Å². The predicted molar refractivity (Wildman–Crippen MR) is 80.0 cm³/mol. The molecule has 1 aliphatic carbocycles. The lowest BCUT2D eigenvalue weighted by molar-refractivity contribution is -0.121. The maximum Gasteiger partial charge on any atom is 0.240 e. The highest BCUT2D eigenvalue weighted by atomic mass is 32.2. The zero-order valence-electron chi connectivity index (χ0n) is 12.1. The molecule has 4 N–H and O–H groups in total. The third kappa shape index (κ3) is 4.52. The van der Waals surface area contributed by atoms with Crippen molar-refractivity contribution in [1.82, 2.24) is 10.0 Å². The lowest BCUT2D eigenvalue weighted by Gasteiger charge is -2.09. The van der Waals surface area contributed by atoms with Gasteiger partial charge in [0.25, 0.3) is 0 Å². The summed E-state index contributed by atoms with van der Waals surface area (Å²) in [5, 5.41) is 2.82. The Morgan fingerprint density at radius 3 is 2.67 bits per heavy atom. The van der Waals surface area contributed by atoms with Gasteiger partial charge in [-0.15, -0.1) is 0 Å². The zero-order valence-corrected chi connectivity index (χ0v) is 12.9. The summed E-state index contributed by atoms with van der Waals surface area (Å²) in [7, 11) is -3.59. The largest absolute Gasteiger partial charge is 0.353 e. The van der Waals surface area contributed by atoms with Crippen molar-refractivity contribution in [1.29, 1.82) is 0 Å². The molecule has 1 aliphatic rings. The molecule has 2 rings (SSSR count). The van der Waals surface area contributed by atoms with Crippen LogP contribution in [0.4, 0.5) is 0 Å². The van der Waals surface area contributed by atoms with Gasteiger partial charge in [0.2, 0.25) is 15.9 Å². The molecule has 0 bridgehead atoms. The van der Waals surface area contributed by atoms with Crippen molar-refractivity contribution in [3.63, 3.8) is 0 Å². The smallest absolute Gasteiger partial charge is 0.240 e. The fourth-order valence-corrected chi connectivity index (χ4v) is 3.09. The van der Waals surface area contributed by atoms with Crippen molar-refractivity contribution in [2.45, 2.75) is 43.7 Å². The first kappa shape index (κ1) is 15.9. The van der Waals surface area contributed by atoms with Crippen LogP contribution in [0.2, 0.25) is 0 Å². The molecule has 0 saturated heterocycles. The predicted octanol–water partition coefficient (Wildman–Crippen LogP) is 0.401. The molecule has 0 aromatic heterocycles. The van der Waals surface area contributed by atoms with Crippen molar-refractivity contribution >= 4 is 15.9 Å². The number of hydrogen-bond donors (Lipinski definition) is 3. The Balaban J connectivity index is 1.91. The number of sulfonamides is 1. The molecule has 0 unspecified atom stereocenters. The maximum absolute atomic E-state index is 12.1. The topological polar surface area (TPSA) is 101 Å². The lowest BCUT2D eigenvalue weighted by Crippen LogP contribution is -2.31. The molecule has 0 atom stereocenters. The second-order valence-corrected chi connectivity index (χ2v) is 7.05. The summed E-state index contributed by atoms with van der Waals surface area (Å²) >= 11 is 0. The van der Waals surface area contributed by atoms with Crippen LogP contribution < -0.4 is 15.8 Å². The van der Waals surface area contributed by atoms with Crippen molar-refractivity contribution in [2.75, 3.05) is 6.54 Å². The first-order valence-electron chi connectivity index (χ1n) is 7.01. The van der Waals surface area contributed by atoms with Gasteiger partial charge in [0.15, 0.2) is 0 Å². The summed E-state index contributed by atoms with van der Waals surface area (Å²) in [6.07, 6.45) is 2.18. The average molecular weight is 311 g/mol. The minimum atomic E-state index is -3.59. The standard InChI is InChI=1S/C14H21N3O3S/c1-10-8-13(5-2-11(10)9-15)21(19,20)16-7-6-14(18)17-12-3-4-12/h2,5,8,12,16H,3-4,6-7,9,15H2,1H3,(H,17,18). The molecule has 21 heavy (non-hydrogen) atoms. The molecular weight excluding hydrogens is 290 g/mol. The van der Waals surface area contributed by atoms with Crippen LogP contribution in [0.25, 0.3) is 0 Å². The summed E-state index contributed by atoms with van der Waals surface area (Å²) in [6.45, 7) is 2.30. The number of carbonyl (C=O) groups excluding carboxylic acids is 1. The molecule has 0 radical (unpaired) electrons. The highest BCUT2D eigenvalue weighted by molar-refractivity contribution is 7.89. The molecule has 6 nitrogen and oxygen atoms in total. The van der Waals surface area contributed by atoms with Gasteiger partial charge in [0.05, 0.1) is 4.90 Å². The van der Waals surface area contributed by atoms with E-state index in [0.29, 0.717) is 12.6 Å². The quantitative estimate of drug-likeness (QED) is 0.678. The number of rotatable bonds is 7. The van der Waals surface area contributed by atoms with Crippen LogP contribution in [0.3, 0.4) is 0 Å². The van der Waals surface area contributed by atoms with Gasteiger partial charge in [0, 0.05) is 25.6 Å². The van der Waals surface area contributed by atoms with E-state index in [2.05, 4.69) is 10.0 Å². The molecule has 0 spiro atoms. The van der Waals surface area contributed by atoms with Crippen molar-refractivity contribution in [3.05, 3.63) is 29.3 Å². The van der Waals surface area contributed by atoms with Crippen molar-refractivity contribution < 1.29 is 13.2 Å². The fraction of sp³-hybridized carbons (Fsp3) is 0.500. The molecule has 1 amide bonds. The van der Waals surface area contributed by atoms with Crippen molar-refractivity contribution in [3.8, 4) is 0 Å². The van der Waals surface area contributed by atoms with Gasteiger partial charge in [-0.25, -0.2) is 13.1 Å². The maximum atomic E-state index is 12.1. The first-order valence-corrected chi connectivity index (χ1v) is 8.49. The van der Waals surface area contributed by atoms with E-state index in [1.54, 1.807) is 12.1 Å². The normalized spacial score (nSPS) is 15.0. The second kappa shape index (κ2) is 6.55. The highest BCUT2D eigenvalue weighted by Crippen LogP contribution is 2.18. The van der Waals surface area contributed by atoms with Gasteiger partial charge in [-0.3, -0.25) is 4.79 Å². The van der Waals surface area contributed by atoms with Crippen LogP contribution in [0.5, 0.6) is 0 Å². The average Bonchev–Trinajstić information content (AvgIpc) is 3.22. The third-order valence-electron chi connectivity index (χ3n) is 3.43. The Hall–Kier alpha value is -1.44. The first-order chi connectivity index (χ1) is 9.92. The van der Waals surface area contributed by atoms with E-state index in [4.69, 9.17) is 5.73 Å². The van der Waals surface area contributed by atoms with Gasteiger partial charge in [-0.1, -0.05) is 6.07 Å². The van der Waals surface area contributed by atoms with Crippen LogP contribution in [0.1, 0.15) is 30.4 Å². The Bertz CT molecular complexity index is 624. The molecule has 1 saturated carbocycles. The third-order valence-corrected chi connectivity index (χ3v) is 4.89. The van der Waals surface area contributed by atoms with E-state index in [0.717, 1.165) is 24.0 Å². The van der Waals surface area contributed by atoms with Crippen molar-refractivity contribution in [2.24, 2.45) is 5.73 Å². The summed E-state index contributed by atoms with van der Waals surface area (Å²) in [5.41, 5.74) is 7.31. The van der Waals surface area contributed by atoms with E-state index in [1.165, 1.54) is 6.07 Å². The number of benzene rings is 1. The number of amides is 1. The molecular formula is C14H21N3O3S. The molecule has 1 fully saturated rings. The summed E-state index contributed by atoms with van der Waals surface area (Å²) in [5.74, 6) is -0.116. The fourth-order valence-electron chi connectivity index (χ4n) is 1.97. The number of nitrogens with one attached hydrogen (secondary N) is 2. The van der Waals surface area contributed by atoms with Crippen LogP contribution in [-0.4, -0.2) is 26.9 Å². The second-order valence-electron chi connectivity index (χ2n) is 5.28. The van der Waals surface area contributed by atoms with Gasteiger partial charge >= 0.3 is 0 Å². The highest BCUT2D eigenvalue weighted by Gasteiger charge is 2.23. The van der Waals surface area contributed by atoms with E-state index in [1.807, 2.05) is 6.92 Å². The van der Waals surface area contributed by atoms with Crippen LogP contribution in [0.15, 0.2) is 23.1 Å². The van der Waals surface area contributed by atoms with Gasteiger partial charge in [0.1, 0.15) is 0 Å². The lowest BCUT2D eigenvalue weighted by atomic mass is 10.1. The Morgan fingerprint density at radius 2 is 2.10 bits per heavy atom. The van der Waals surface area contributed by atoms with Gasteiger partial charge in [-0.05, 0) is 43.0 Å². The molecule has 1 aromatic rings. The van der Waals surface area contributed by atoms with Crippen LogP contribution in [0, 0.1) is 6.92 Å². The summed E-state index contributed by atoms with van der Waals surface area (Å²) < 4.78 is 26.7. The summed E-state index contributed by atoms with van der Waals surface area (Å²) in [4.78, 5) is 11.7. The minimum absolute atomic E-state index is 0.0958. The van der Waals surface area contributed by atoms with E-state index in [9.17, 15) is 13.2 Å². The van der Waals surface area contributed by atoms with Crippen LogP contribution in [-0.2, 0) is 21.4 Å². The Labute approximate surface area is 125 Å². The number of aryl methyl sites for hydroxylation is 1. The Morgan fingerprint density at radius 1 is 1.38 bits per heavy atom. The Kier molecular flexibility index (Phi) is 4.97. The van der Waals surface area contributed by atoms with E-state index in [-0.39, 0.29) is 23.8 Å². The SMILES string of the molecule is Cc1cc(S(=O)(=O)NCCC(=O)NC2CC2)ccc1CN. The number of nitrogens with two attached hydrogens (primary N) is 1. The molecule has 0 heterocycles. The summed E-state index contributed by atoms with van der Waals surface area (Å²) in [6, 6.07) is 5.13. The number of carbonyl (C=O) groups is 1. The van der Waals surface area contributed by atoms with E-state index < -0.39 is 10.0 Å². The minimum Gasteiger partial charge on any atom is -0.353 e. The molecule has 1 aromatic carbocycles.